The maximum Gasteiger partial charge on any atom is 0.322 e. The van der Waals surface area contributed by atoms with Gasteiger partial charge in [-0.1, -0.05) is 5.10 Å². The van der Waals surface area contributed by atoms with Crippen molar-refractivity contribution in [2.24, 2.45) is 0 Å². The Morgan fingerprint density at radius 3 is 2.62 bits per heavy atom. The lowest BCUT2D eigenvalue weighted by Crippen LogP contribution is -2.20. The van der Waals surface area contributed by atoms with Gasteiger partial charge in [0.25, 0.3) is 11.8 Å². The number of furan rings is 1. The second-order valence-electron chi connectivity index (χ2n) is 5.03. The minimum atomic E-state index is -0.477. The van der Waals surface area contributed by atoms with E-state index >= 15 is 0 Å². The van der Waals surface area contributed by atoms with Crippen LogP contribution in [0, 0.1) is 19.7 Å². The first-order chi connectivity index (χ1) is 11.5. The van der Waals surface area contributed by atoms with E-state index in [1.807, 2.05) is 6.92 Å². The van der Waals surface area contributed by atoms with Gasteiger partial charge in [-0.05, 0) is 44.2 Å². The molecule has 0 aliphatic heterocycles. The number of benzene rings is 1. The molecule has 24 heavy (non-hydrogen) atoms. The Morgan fingerprint density at radius 1 is 1.21 bits per heavy atom. The lowest BCUT2D eigenvalue weighted by Gasteiger charge is -2.04. The minimum absolute atomic E-state index is 0.0454. The summed E-state index contributed by atoms with van der Waals surface area (Å²) < 4.78 is 28.8. The van der Waals surface area contributed by atoms with E-state index in [4.69, 9.17) is 13.6 Å². The molecule has 0 unspecified atom stereocenters. The molecule has 0 saturated heterocycles. The highest BCUT2D eigenvalue weighted by atomic mass is 19.1. The summed E-state index contributed by atoms with van der Waals surface area (Å²) in [7, 11) is 0. The third kappa shape index (κ3) is 3.60. The predicted octanol–water partition coefficient (Wildman–Crippen LogP) is 3.10. The van der Waals surface area contributed by atoms with Crippen LogP contribution in [0.15, 0.2) is 39.2 Å². The topological polar surface area (TPSA) is 90.4 Å². The number of carbonyl (C=O) groups is 1. The van der Waals surface area contributed by atoms with Crippen molar-refractivity contribution >= 4 is 11.9 Å². The zero-order chi connectivity index (χ0) is 17.1. The van der Waals surface area contributed by atoms with Crippen molar-refractivity contribution in [1.29, 1.82) is 0 Å². The lowest BCUT2D eigenvalue weighted by atomic mass is 10.2. The third-order valence-electron chi connectivity index (χ3n) is 3.13. The monoisotopic (exact) mass is 331 g/mol. The fraction of sp³-hybridized carbons (Fsp3) is 0.188. The van der Waals surface area contributed by atoms with Crippen LogP contribution < -0.4 is 10.1 Å². The summed E-state index contributed by atoms with van der Waals surface area (Å²) in [6, 6.07) is 7.07. The summed E-state index contributed by atoms with van der Waals surface area (Å²) in [6.45, 7) is 3.32. The standard InChI is InChI=1S/C16H14FN3O4/c1-9-7-13(10(2)23-9)15-19-20-16(24-15)18-14(21)8-22-12-5-3-11(17)4-6-12/h3-7H,8H2,1-2H3,(H,18,20,21). The molecule has 1 N–H and O–H groups in total. The van der Waals surface area contributed by atoms with E-state index in [0.29, 0.717) is 17.1 Å². The van der Waals surface area contributed by atoms with Gasteiger partial charge < -0.3 is 13.6 Å². The van der Waals surface area contributed by atoms with Crippen LogP contribution in [0.25, 0.3) is 11.5 Å². The highest BCUT2D eigenvalue weighted by Gasteiger charge is 2.16. The molecule has 0 fully saturated rings. The van der Waals surface area contributed by atoms with Crippen molar-refractivity contribution in [3.8, 4) is 17.2 Å². The van der Waals surface area contributed by atoms with Gasteiger partial charge in [0.05, 0.1) is 5.56 Å². The van der Waals surface area contributed by atoms with Crippen LogP contribution in [0.4, 0.5) is 10.4 Å². The van der Waals surface area contributed by atoms with Crippen LogP contribution in [0.3, 0.4) is 0 Å². The van der Waals surface area contributed by atoms with Crippen LogP contribution in [-0.4, -0.2) is 22.7 Å². The van der Waals surface area contributed by atoms with Gasteiger partial charge in [-0.15, -0.1) is 5.10 Å². The maximum atomic E-state index is 12.8. The number of aryl methyl sites for hydroxylation is 2. The van der Waals surface area contributed by atoms with Gasteiger partial charge in [-0.3, -0.25) is 10.1 Å². The number of anilines is 1. The van der Waals surface area contributed by atoms with Gasteiger partial charge in [-0.2, -0.15) is 0 Å². The van der Waals surface area contributed by atoms with Crippen molar-refractivity contribution < 1.29 is 22.8 Å². The van der Waals surface area contributed by atoms with E-state index in [0.717, 1.165) is 5.76 Å². The van der Waals surface area contributed by atoms with Crippen molar-refractivity contribution in [2.75, 3.05) is 11.9 Å². The summed E-state index contributed by atoms with van der Waals surface area (Å²) in [5, 5.41) is 10.1. The van der Waals surface area contributed by atoms with E-state index in [1.165, 1.54) is 24.3 Å². The highest BCUT2D eigenvalue weighted by molar-refractivity contribution is 5.89. The first-order valence-electron chi connectivity index (χ1n) is 7.10. The average molecular weight is 331 g/mol. The fourth-order valence-corrected chi connectivity index (χ4v) is 2.06. The number of halogens is 1. The third-order valence-corrected chi connectivity index (χ3v) is 3.13. The second-order valence-corrected chi connectivity index (χ2v) is 5.03. The molecule has 3 rings (SSSR count). The molecule has 0 spiro atoms. The summed E-state index contributed by atoms with van der Waals surface area (Å²) in [4.78, 5) is 11.8. The molecule has 1 amide bonds. The van der Waals surface area contributed by atoms with Crippen molar-refractivity contribution in [1.82, 2.24) is 10.2 Å². The molecular formula is C16H14FN3O4. The Bertz CT molecular complexity index is 855. The molecule has 1 aromatic carbocycles. The predicted molar refractivity (Wildman–Crippen MR) is 82.0 cm³/mol. The molecule has 0 radical (unpaired) electrons. The van der Waals surface area contributed by atoms with Gasteiger partial charge in [0, 0.05) is 0 Å². The normalized spacial score (nSPS) is 10.6. The molecule has 2 heterocycles. The van der Waals surface area contributed by atoms with Crippen LogP contribution in [-0.2, 0) is 4.79 Å². The van der Waals surface area contributed by atoms with Crippen LogP contribution in [0.2, 0.25) is 0 Å². The van der Waals surface area contributed by atoms with Gasteiger partial charge in [0.15, 0.2) is 6.61 Å². The Labute approximate surface area is 136 Å². The number of carbonyl (C=O) groups excluding carboxylic acids is 1. The van der Waals surface area contributed by atoms with E-state index in [9.17, 15) is 9.18 Å². The fourth-order valence-electron chi connectivity index (χ4n) is 2.06. The van der Waals surface area contributed by atoms with Gasteiger partial charge in [-0.25, -0.2) is 4.39 Å². The summed E-state index contributed by atoms with van der Waals surface area (Å²) >= 11 is 0. The van der Waals surface area contributed by atoms with Crippen LogP contribution in [0.1, 0.15) is 11.5 Å². The smallest absolute Gasteiger partial charge is 0.322 e. The molecule has 124 valence electrons. The second kappa shape index (κ2) is 6.53. The van der Waals surface area contributed by atoms with Crippen molar-refractivity contribution in [3.63, 3.8) is 0 Å². The SMILES string of the molecule is Cc1cc(-c2nnc(NC(=O)COc3ccc(F)cc3)o2)c(C)o1. The summed E-state index contributed by atoms with van der Waals surface area (Å²) in [5.74, 6) is 1.14. The summed E-state index contributed by atoms with van der Waals surface area (Å²) in [5.41, 5.74) is 0.670. The van der Waals surface area contributed by atoms with E-state index < -0.39 is 5.91 Å². The number of ether oxygens (including phenoxy) is 1. The van der Waals surface area contributed by atoms with E-state index in [1.54, 1.807) is 13.0 Å². The number of amides is 1. The molecule has 8 heteroatoms. The number of hydrogen-bond donors (Lipinski definition) is 1. The molecule has 0 aliphatic carbocycles. The molecule has 0 aliphatic rings. The number of aromatic nitrogens is 2. The van der Waals surface area contributed by atoms with Crippen molar-refractivity contribution in [2.45, 2.75) is 13.8 Å². The molecule has 2 aromatic heterocycles. The van der Waals surface area contributed by atoms with E-state index in [2.05, 4.69) is 15.5 Å². The first-order valence-corrected chi connectivity index (χ1v) is 7.10. The first kappa shape index (κ1) is 15.7. The Morgan fingerprint density at radius 2 is 1.96 bits per heavy atom. The number of nitrogens with zero attached hydrogens (tertiary/aromatic N) is 2. The quantitative estimate of drug-likeness (QED) is 0.772. The Kier molecular flexibility index (Phi) is 4.28. The van der Waals surface area contributed by atoms with E-state index in [-0.39, 0.29) is 24.3 Å². The number of rotatable bonds is 5. The van der Waals surface area contributed by atoms with Gasteiger partial charge in [0.1, 0.15) is 23.1 Å². The number of hydrogen-bond acceptors (Lipinski definition) is 6. The molecule has 7 nitrogen and oxygen atoms in total. The minimum Gasteiger partial charge on any atom is -0.484 e. The lowest BCUT2D eigenvalue weighted by molar-refractivity contribution is -0.118. The molecular weight excluding hydrogens is 317 g/mol. The molecule has 0 atom stereocenters. The highest BCUT2D eigenvalue weighted by Crippen LogP contribution is 2.26. The Hall–Kier alpha value is -3.16. The summed E-state index contributed by atoms with van der Waals surface area (Å²) in [6.07, 6.45) is 0. The number of nitrogens with one attached hydrogen (secondary N) is 1. The molecule has 0 bridgehead atoms. The van der Waals surface area contributed by atoms with Crippen LogP contribution in [0.5, 0.6) is 5.75 Å². The van der Waals surface area contributed by atoms with Gasteiger partial charge in [0.2, 0.25) is 0 Å². The van der Waals surface area contributed by atoms with Crippen LogP contribution >= 0.6 is 0 Å². The molecule has 3 aromatic rings. The van der Waals surface area contributed by atoms with Crippen molar-refractivity contribution in [3.05, 3.63) is 47.7 Å². The van der Waals surface area contributed by atoms with Gasteiger partial charge >= 0.3 is 6.01 Å². The Balaban J connectivity index is 1.59. The zero-order valence-corrected chi connectivity index (χ0v) is 13.0. The average Bonchev–Trinajstić information content (AvgIpc) is 3.12. The zero-order valence-electron chi connectivity index (χ0n) is 13.0. The largest absolute Gasteiger partial charge is 0.484 e. The maximum absolute atomic E-state index is 12.8. The molecule has 0 saturated carbocycles.